The van der Waals surface area contributed by atoms with Gasteiger partial charge in [0.2, 0.25) is 0 Å². The third kappa shape index (κ3) is 2.73. The van der Waals surface area contributed by atoms with Crippen LogP contribution in [0.15, 0.2) is 40.6 Å². The summed E-state index contributed by atoms with van der Waals surface area (Å²) in [6, 6.07) is 11.2. The normalized spacial score (nSPS) is 12.6. The molecule has 0 saturated carbocycles. The molecule has 3 heteroatoms. The van der Waals surface area contributed by atoms with Gasteiger partial charge in [0, 0.05) is 9.77 Å². The number of thioether (sulfide) groups is 1. The molecule has 1 heterocycles. The number of nitrogens with one attached hydrogen (secondary N) is 1. The van der Waals surface area contributed by atoms with Gasteiger partial charge in [-0.1, -0.05) is 18.2 Å². The Hall–Kier alpha value is -0.770. The summed E-state index contributed by atoms with van der Waals surface area (Å²) in [5, 5.41) is 5.66. The summed E-state index contributed by atoms with van der Waals surface area (Å²) in [7, 11) is 2.02. The first-order valence-corrected chi connectivity index (χ1v) is 7.72. The highest BCUT2D eigenvalue weighted by Gasteiger charge is 2.15. The molecule has 17 heavy (non-hydrogen) atoms. The zero-order valence-electron chi connectivity index (χ0n) is 10.4. The van der Waals surface area contributed by atoms with Crippen LogP contribution in [0.5, 0.6) is 0 Å². The molecule has 0 aliphatic rings. The van der Waals surface area contributed by atoms with Crippen LogP contribution in [-0.4, -0.2) is 13.3 Å². The van der Waals surface area contributed by atoms with Crippen molar-refractivity contribution in [3.05, 3.63) is 51.7 Å². The van der Waals surface area contributed by atoms with E-state index in [1.54, 1.807) is 11.8 Å². The van der Waals surface area contributed by atoms with Crippen molar-refractivity contribution in [1.82, 2.24) is 5.32 Å². The van der Waals surface area contributed by atoms with Gasteiger partial charge in [-0.2, -0.15) is 0 Å². The van der Waals surface area contributed by atoms with E-state index >= 15 is 0 Å². The van der Waals surface area contributed by atoms with Crippen LogP contribution in [0.25, 0.3) is 0 Å². The number of hydrogen-bond acceptors (Lipinski definition) is 3. The van der Waals surface area contributed by atoms with Crippen LogP contribution in [0.1, 0.15) is 22.0 Å². The Bertz CT molecular complexity index is 490. The van der Waals surface area contributed by atoms with Crippen LogP contribution in [0.2, 0.25) is 0 Å². The van der Waals surface area contributed by atoms with Crippen molar-refractivity contribution < 1.29 is 0 Å². The van der Waals surface area contributed by atoms with Crippen LogP contribution in [-0.2, 0) is 0 Å². The Labute approximate surface area is 111 Å². The molecule has 1 N–H and O–H groups in total. The molecular formula is C14H17NS2. The lowest BCUT2D eigenvalue weighted by molar-refractivity contribution is 0.682. The van der Waals surface area contributed by atoms with Gasteiger partial charge in [0.05, 0.1) is 6.04 Å². The van der Waals surface area contributed by atoms with Crippen molar-refractivity contribution in [3.63, 3.8) is 0 Å². The van der Waals surface area contributed by atoms with Crippen molar-refractivity contribution in [2.24, 2.45) is 0 Å². The van der Waals surface area contributed by atoms with Crippen molar-refractivity contribution in [3.8, 4) is 0 Å². The van der Waals surface area contributed by atoms with Crippen molar-refractivity contribution in [2.45, 2.75) is 17.9 Å². The molecule has 0 saturated heterocycles. The lowest BCUT2D eigenvalue weighted by Crippen LogP contribution is -2.17. The minimum atomic E-state index is 0.295. The molecule has 0 spiro atoms. The van der Waals surface area contributed by atoms with Gasteiger partial charge >= 0.3 is 0 Å². The molecule has 0 aliphatic carbocycles. The topological polar surface area (TPSA) is 12.0 Å². The maximum atomic E-state index is 3.42. The van der Waals surface area contributed by atoms with E-state index in [1.165, 1.54) is 20.9 Å². The largest absolute Gasteiger partial charge is 0.309 e. The molecule has 1 aromatic heterocycles. The van der Waals surface area contributed by atoms with Crippen LogP contribution < -0.4 is 5.32 Å². The number of thiophene rings is 1. The van der Waals surface area contributed by atoms with Crippen LogP contribution >= 0.6 is 23.1 Å². The quantitative estimate of drug-likeness (QED) is 0.834. The van der Waals surface area contributed by atoms with E-state index in [4.69, 9.17) is 0 Å². The highest BCUT2D eigenvalue weighted by molar-refractivity contribution is 7.98. The molecule has 0 fully saturated rings. The predicted octanol–water partition coefficient (Wildman–Crippen LogP) is 4.09. The Morgan fingerprint density at radius 3 is 2.65 bits per heavy atom. The van der Waals surface area contributed by atoms with Crippen LogP contribution in [0, 0.1) is 6.92 Å². The Morgan fingerprint density at radius 1 is 1.29 bits per heavy atom. The fourth-order valence-electron chi connectivity index (χ4n) is 2.02. The molecule has 2 rings (SSSR count). The van der Waals surface area contributed by atoms with Gasteiger partial charge in [-0.25, -0.2) is 0 Å². The number of hydrogen-bond donors (Lipinski definition) is 1. The fraction of sp³-hybridized carbons (Fsp3) is 0.286. The van der Waals surface area contributed by atoms with Gasteiger partial charge in [0.15, 0.2) is 0 Å². The first kappa shape index (κ1) is 12.7. The molecule has 0 bridgehead atoms. The molecule has 0 amide bonds. The van der Waals surface area contributed by atoms with E-state index in [-0.39, 0.29) is 0 Å². The van der Waals surface area contributed by atoms with Gasteiger partial charge < -0.3 is 5.32 Å². The standard InChI is InChI=1S/C14H17NS2/c1-10-8-11(9-17-10)14(15-2)12-6-4-5-7-13(12)16-3/h4-9,14-15H,1-3H3. The highest BCUT2D eigenvalue weighted by Crippen LogP contribution is 2.31. The minimum Gasteiger partial charge on any atom is -0.309 e. The summed E-state index contributed by atoms with van der Waals surface area (Å²) < 4.78 is 0. The molecule has 1 aromatic carbocycles. The summed E-state index contributed by atoms with van der Waals surface area (Å²) in [4.78, 5) is 2.71. The number of aryl methyl sites for hydroxylation is 1. The summed E-state index contributed by atoms with van der Waals surface area (Å²) in [5.41, 5.74) is 2.72. The third-order valence-corrected chi connectivity index (χ3v) is 4.51. The van der Waals surface area contributed by atoms with Gasteiger partial charge in [-0.3, -0.25) is 0 Å². The second-order valence-electron chi connectivity index (χ2n) is 3.95. The zero-order chi connectivity index (χ0) is 12.3. The van der Waals surface area contributed by atoms with Crippen LogP contribution in [0.3, 0.4) is 0 Å². The SMILES string of the molecule is CNC(c1csc(C)c1)c1ccccc1SC. The molecule has 1 unspecified atom stereocenters. The van der Waals surface area contributed by atoms with E-state index in [9.17, 15) is 0 Å². The Kier molecular flexibility index (Phi) is 4.26. The van der Waals surface area contributed by atoms with E-state index in [0.717, 1.165) is 0 Å². The van der Waals surface area contributed by atoms with Gasteiger partial charge in [0.25, 0.3) is 0 Å². The van der Waals surface area contributed by atoms with Gasteiger partial charge in [0.1, 0.15) is 0 Å². The lowest BCUT2D eigenvalue weighted by atomic mass is 10.0. The maximum absolute atomic E-state index is 3.42. The first-order chi connectivity index (χ1) is 8.26. The van der Waals surface area contributed by atoms with Crippen LogP contribution in [0.4, 0.5) is 0 Å². The summed E-state index contributed by atoms with van der Waals surface area (Å²) in [6.07, 6.45) is 2.13. The van der Waals surface area contributed by atoms with E-state index in [2.05, 4.69) is 54.2 Å². The molecule has 2 aromatic rings. The molecular weight excluding hydrogens is 246 g/mol. The Balaban J connectivity index is 2.41. The molecule has 0 radical (unpaired) electrons. The second kappa shape index (κ2) is 5.71. The third-order valence-electron chi connectivity index (χ3n) is 2.82. The summed E-state index contributed by atoms with van der Waals surface area (Å²) >= 11 is 3.61. The predicted molar refractivity (Wildman–Crippen MR) is 78.2 cm³/mol. The fourth-order valence-corrected chi connectivity index (χ4v) is 3.39. The van der Waals surface area contributed by atoms with Crippen molar-refractivity contribution in [1.29, 1.82) is 0 Å². The van der Waals surface area contributed by atoms with Crippen molar-refractivity contribution in [2.75, 3.05) is 13.3 Å². The summed E-state index contributed by atoms with van der Waals surface area (Å²) in [6.45, 7) is 2.15. The lowest BCUT2D eigenvalue weighted by Gasteiger charge is -2.18. The molecule has 1 nitrogen and oxygen atoms in total. The van der Waals surface area contributed by atoms with Gasteiger partial charge in [-0.05, 0) is 48.9 Å². The first-order valence-electron chi connectivity index (χ1n) is 5.61. The van der Waals surface area contributed by atoms with E-state index < -0.39 is 0 Å². The molecule has 90 valence electrons. The smallest absolute Gasteiger partial charge is 0.0593 e. The highest BCUT2D eigenvalue weighted by atomic mass is 32.2. The second-order valence-corrected chi connectivity index (χ2v) is 5.92. The minimum absolute atomic E-state index is 0.295. The number of benzene rings is 1. The van der Waals surface area contributed by atoms with E-state index in [0.29, 0.717) is 6.04 Å². The maximum Gasteiger partial charge on any atom is 0.0593 e. The average molecular weight is 263 g/mol. The monoisotopic (exact) mass is 263 g/mol. The van der Waals surface area contributed by atoms with Gasteiger partial charge in [-0.15, -0.1) is 23.1 Å². The molecule has 0 aliphatic heterocycles. The summed E-state index contributed by atoms with van der Waals surface area (Å²) in [5.74, 6) is 0. The van der Waals surface area contributed by atoms with E-state index in [1.807, 2.05) is 18.4 Å². The van der Waals surface area contributed by atoms with Crippen molar-refractivity contribution >= 4 is 23.1 Å². The number of rotatable bonds is 4. The molecule has 1 atom stereocenters. The zero-order valence-corrected chi connectivity index (χ0v) is 12.0. The Morgan fingerprint density at radius 2 is 2.06 bits per heavy atom. The average Bonchev–Trinajstić information content (AvgIpc) is 2.77.